The van der Waals surface area contributed by atoms with Crippen LogP contribution in [0.15, 0.2) is 6.33 Å². The Morgan fingerprint density at radius 3 is 2.81 bits per heavy atom. The summed E-state index contributed by atoms with van der Waals surface area (Å²) in [7, 11) is 1.97. The third kappa shape index (κ3) is 2.57. The van der Waals surface area contributed by atoms with Crippen LogP contribution in [0.25, 0.3) is 0 Å². The number of rotatable bonds is 3. The number of nitrogens with zero attached hydrogens (tertiary/aromatic N) is 5. The van der Waals surface area contributed by atoms with Crippen molar-refractivity contribution in [2.24, 2.45) is 12.5 Å². The van der Waals surface area contributed by atoms with Gasteiger partial charge in [0.25, 0.3) is 0 Å². The van der Waals surface area contributed by atoms with Crippen LogP contribution in [0.1, 0.15) is 38.9 Å². The molecule has 0 N–H and O–H groups in total. The van der Waals surface area contributed by atoms with Crippen LogP contribution in [-0.4, -0.2) is 56.1 Å². The molecule has 1 spiro atoms. The molecule has 6 heteroatoms. The van der Waals surface area contributed by atoms with Gasteiger partial charge >= 0.3 is 0 Å². The third-order valence-electron chi connectivity index (χ3n) is 5.00. The standard InChI is InChI=1S/C15H25N5O/c1-12(2)20-7-4-5-15(14(20)21)6-8-19(10-15)9-13-17-16-11-18(13)3/h11-12H,4-10H2,1-3H3. The molecule has 0 aromatic carbocycles. The lowest BCUT2D eigenvalue weighted by Crippen LogP contribution is -2.52. The zero-order chi connectivity index (χ0) is 15.0. The van der Waals surface area contributed by atoms with Crippen molar-refractivity contribution in [1.82, 2.24) is 24.6 Å². The molecule has 2 saturated heterocycles. The van der Waals surface area contributed by atoms with Crippen molar-refractivity contribution in [2.75, 3.05) is 19.6 Å². The lowest BCUT2D eigenvalue weighted by atomic mass is 9.78. The van der Waals surface area contributed by atoms with E-state index in [0.717, 1.165) is 51.3 Å². The highest BCUT2D eigenvalue weighted by Gasteiger charge is 2.48. The van der Waals surface area contributed by atoms with Crippen LogP contribution in [-0.2, 0) is 18.4 Å². The fraction of sp³-hybridized carbons (Fsp3) is 0.800. The van der Waals surface area contributed by atoms with Gasteiger partial charge in [-0.15, -0.1) is 10.2 Å². The van der Waals surface area contributed by atoms with Gasteiger partial charge in [0.2, 0.25) is 5.91 Å². The Balaban J connectivity index is 1.70. The van der Waals surface area contributed by atoms with Crippen molar-refractivity contribution in [3.8, 4) is 0 Å². The smallest absolute Gasteiger partial charge is 0.230 e. The van der Waals surface area contributed by atoms with Gasteiger partial charge in [-0.1, -0.05) is 0 Å². The number of aromatic nitrogens is 3. The molecule has 1 aromatic rings. The summed E-state index contributed by atoms with van der Waals surface area (Å²) in [6.07, 6.45) is 4.87. The summed E-state index contributed by atoms with van der Waals surface area (Å²) in [4.78, 5) is 17.3. The molecule has 1 atom stereocenters. The molecule has 0 bridgehead atoms. The van der Waals surface area contributed by atoms with Crippen LogP contribution in [0.5, 0.6) is 0 Å². The SMILES string of the molecule is CC(C)N1CCCC2(CCN(Cc3nncn3C)C2)C1=O. The van der Waals surface area contributed by atoms with Crippen molar-refractivity contribution in [1.29, 1.82) is 0 Å². The fourth-order valence-electron chi connectivity index (χ4n) is 3.72. The number of hydrogen-bond acceptors (Lipinski definition) is 4. The summed E-state index contributed by atoms with van der Waals surface area (Å²) in [5.74, 6) is 1.33. The van der Waals surface area contributed by atoms with Crippen molar-refractivity contribution in [2.45, 2.75) is 45.7 Å². The van der Waals surface area contributed by atoms with E-state index in [0.29, 0.717) is 11.9 Å². The molecule has 2 aliphatic heterocycles. The number of amides is 1. The van der Waals surface area contributed by atoms with E-state index in [4.69, 9.17) is 0 Å². The minimum Gasteiger partial charge on any atom is -0.340 e. The first-order valence-electron chi connectivity index (χ1n) is 7.88. The second-order valence-electron chi connectivity index (χ2n) is 6.79. The molecule has 1 aromatic heterocycles. The molecule has 0 radical (unpaired) electrons. The van der Waals surface area contributed by atoms with Crippen molar-refractivity contribution in [3.63, 3.8) is 0 Å². The highest BCUT2D eigenvalue weighted by atomic mass is 16.2. The van der Waals surface area contributed by atoms with E-state index < -0.39 is 0 Å². The molecule has 116 valence electrons. The number of piperidine rings is 1. The summed E-state index contributed by atoms with van der Waals surface area (Å²) < 4.78 is 1.95. The molecular formula is C15H25N5O. The molecule has 0 aliphatic carbocycles. The highest BCUT2D eigenvalue weighted by molar-refractivity contribution is 5.84. The average Bonchev–Trinajstić information content (AvgIpc) is 3.02. The Morgan fingerprint density at radius 2 is 2.14 bits per heavy atom. The maximum Gasteiger partial charge on any atom is 0.230 e. The Morgan fingerprint density at radius 1 is 1.33 bits per heavy atom. The molecule has 3 heterocycles. The molecule has 1 amide bonds. The third-order valence-corrected chi connectivity index (χ3v) is 5.00. The Bertz CT molecular complexity index is 526. The summed E-state index contributed by atoms with van der Waals surface area (Å²) in [5, 5.41) is 8.08. The Hall–Kier alpha value is -1.43. The first-order valence-corrected chi connectivity index (χ1v) is 7.88. The summed E-state index contributed by atoms with van der Waals surface area (Å²) >= 11 is 0. The molecule has 1 unspecified atom stereocenters. The van der Waals surface area contributed by atoms with E-state index in [1.807, 2.05) is 11.6 Å². The molecular weight excluding hydrogens is 266 g/mol. The molecule has 6 nitrogen and oxygen atoms in total. The van der Waals surface area contributed by atoms with Gasteiger partial charge < -0.3 is 9.47 Å². The number of carbonyl (C=O) groups is 1. The van der Waals surface area contributed by atoms with Gasteiger partial charge in [0, 0.05) is 26.2 Å². The zero-order valence-corrected chi connectivity index (χ0v) is 13.2. The maximum absolute atomic E-state index is 12.9. The van der Waals surface area contributed by atoms with E-state index in [1.54, 1.807) is 6.33 Å². The van der Waals surface area contributed by atoms with Crippen LogP contribution >= 0.6 is 0 Å². The monoisotopic (exact) mass is 291 g/mol. The minimum atomic E-state index is -0.152. The molecule has 2 aliphatic rings. The summed E-state index contributed by atoms with van der Waals surface area (Å²) in [6, 6.07) is 0.308. The van der Waals surface area contributed by atoms with Crippen LogP contribution in [0.2, 0.25) is 0 Å². The summed E-state index contributed by atoms with van der Waals surface area (Å²) in [5.41, 5.74) is -0.152. The first-order chi connectivity index (χ1) is 10.0. The normalized spacial score (nSPS) is 27.2. The average molecular weight is 291 g/mol. The van der Waals surface area contributed by atoms with E-state index in [9.17, 15) is 4.79 Å². The maximum atomic E-state index is 12.9. The van der Waals surface area contributed by atoms with Crippen LogP contribution in [0.3, 0.4) is 0 Å². The lowest BCUT2D eigenvalue weighted by molar-refractivity contribution is -0.147. The molecule has 2 fully saturated rings. The first kappa shape index (κ1) is 14.5. The van der Waals surface area contributed by atoms with Gasteiger partial charge in [0.15, 0.2) is 0 Å². The topological polar surface area (TPSA) is 54.3 Å². The van der Waals surface area contributed by atoms with Crippen LogP contribution in [0, 0.1) is 5.41 Å². The van der Waals surface area contributed by atoms with Gasteiger partial charge in [-0.05, 0) is 39.7 Å². The van der Waals surface area contributed by atoms with Gasteiger partial charge in [-0.2, -0.15) is 0 Å². The van der Waals surface area contributed by atoms with E-state index in [1.165, 1.54) is 0 Å². The van der Waals surface area contributed by atoms with Crippen molar-refractivity contribution >= 4 is 5.91 Å². The largest absolute Gasteiger partial charge is 0.340 e. The minimum absolute atomic E-state index is 0.152. The second-order valence-corrected chi connectivity index (χ2v) is 6.79. The molecule has 0 saturated carbocycles. The molecule has 21 heavy (non-hydrogen) atoms. The van der Waals surface area contributed by atoms with E-state index in [-0.39, 0.29) is 5.41 Å². The number of aryl methyl sites for hydroxylation is 1. The van der Waals surface area contributed by atoms with Crippen LogP contribution < -0.4 is 0 Å². The van der Waals surface area contributed by atoms with Gasteiger partial charge in [0.05, 0.1) is 12.0 Å². The van der Waals surface area contributed by atoms with Crippen molar-refractivity contribution in [3.05, 3.63) is 12.2 Å². The Labute approximate surface area is 126 Å². The summed E-state index contributed by atoms with van der Waals surface area (Å²) in [6.45, 7) is 7.77. The number of hydrogen-bond donors (Lipinski definition) is 0. The lowest BCUT2D eigenvalue weighted by Gasteiger charge is -2.41. The zero-order valence-electron chi connectivity index (χ0n) is 13.2. The fourth-order valence-corrected chi connectivity index (χ4v) is 3.72. The highest BCUT2D eigenvalue weighted by Crippen LogP contribution is 2.40. The van der Waals surface area contributed by atoms with Gasteiger partial charge in [-0.3, -0.25) is 9.69 Å². The second kappa shape index (κ2) is 5.40. The van der Waals surface area contributed by atoms with Gasteiger partial charge in [-0.25, -0.2) is 0 Å². The predicted molar refractivity (Wildman–Crippen MR) is 79.4 cm³/mol. The number of carbonyl (C=O) groups excluding carboxylic acids is 1. The van der Waals surface area contributed by atoms with Gasteiger partial charge in [0.1, 0.15) is 12.2 Å². The predicted octanol–water partition coefficient (Wildman–Crippen LogP) is 1.04. The number of likely N-dealkylation sites (tertiary alicyclic amines) is 2. The molecule has 3 rings (SSSR count). The van der Waals surface area contributed by atoms with Crippen molar-refractivity contribution < 1.29 is 4.79 Å². The van der Waals surface area contributed by atoms with E-state index >= 15 is 0 Å². The Kier molecular flexibility index (Phi) is 3.73. The quantitative estimate of drug-likeness (QED) is 0.835. The van der Waals surface area contributed by atoms with E-state index in [2.05, 4.69) is 33.8 Å². The van der Waals surface area contributed by atoms with Crippen LogP contribution in [0.4, 0.5) is 0 Å².